The second-order valence-corrected chi connectivity index (χ2v) is 3.38. The molecule has 0 bridgehead atoms. The Morgan fingerprint density at radius 2 is 2.00 bits per heavy atom. The van der Waals surface area contributed by atoms with Crippen LogP contribution < -0.4 is 0 Å². The van der Waals surface area contributed by atoms with Crippen molar-refractivity contribution in [1.82, 2.24) is 9.80 Å². The molecule has 0 unspecified atom stereocenters. The second-order valence-electron chi connectivity index (χ2n) is 2.49. The molecule has 0 aromatic carbocycles. The summed E-state index contributed by atoms with van der Waals surface area (Å²) in [5.74, 6) is 0. The fourth-order valence-corrected chi connectivity index (χ4v) is 0.808. The third-order valence-electron chi connectivity index (χ3n) is 1.45. The van der Waals surface area contributed by atoms with Gasteiger partial charge in [0.25, 0.3) is 0 Å². The first kappa shape index (κ1) is 12.9. The first-order valence-electron chi connectivity index (χ1n) is 3.87. The van der Waals surface area contributed by atoms with Gasteiger partial charge in [-0.05, 0) is 13.1 Å². The molecule has 0 atom stereocenters. The lowest BCUT2D eigenvalue weighted by Crippen LogP contribution is -2.20. The van der Waals surface area contributed by atoms with Gasteiger partial charge in [-0.3, -0.25) is 9.11 Å². The number of rotatable bonds is 2. The third kappa shape index (κ3) is 7.59. The van der Waals surface area contributed by atoms with Gasteiger partial charge in [0.15, 0.2) is 0 Å². The zero-order valence-electron chi connectivity index (χ0n) is 7.87. The lowest BCUT2D eigenvalue weighted by Gasteiger charge is -2.15. The maximum atomic E-state index is 8.74. The summed E-state index contributed by atoms with van der Waals surface area (Å²) in [7, 11) is -4.67. The molecule has 0 aromatic rings. The highest BCUT2D eigenvalue weighted by Crippen LogP contribution is 2.04. The van der Waals surface area contributed by atoms with Gasteiger partial charge in [-0.2, -0.15) is 8.42 Å². The maximum absolute atomic E-state index is 8.74. The summed E-state index contributed by atoms with van der Waals surface area (Å²) in [5, 5.41) is 0. The van der Waals surface area contributed by atoms with E-state index in [4.69, 9.17) is 17.5 Å². The van der Waals surface area contributed by atoms with E-state index in [9.17, 15) is 0 Å². The number of nitrogens with zero attached hydrogens (tertiary/aromatic N) is 2. The Morgan fingerprint density at radius 1 is 1.50 bits per heavy atom. The molecule has 6 nitrogen and oxygen atoms in total. The minimum Gasteiger partial charge on any atom is -0.359 e. The van der Waals surface area contributed by atoms with E-state index in [2.05, 4.69) is 24.6 Å². The van der Waals surface area contributed by atoms with Crippen molar-refractivity contribution in [2.75, 3.05) is 13.2 Å². The van der Waals surface area contributed by atoms with Crippen LogP contribution in [0.2, 0.25) is 0 Å². The monoisotopic (exact) mass is 222 g/mol. The van der Waals surface area contributed by atoms with Gasteiger partial charge in [-0.25, -0.2) is 0 Å². The molecule has 2 N–H and O–H groups in total. The third-order valence-corrected chi connectivity index (χ3v) is 1.45. The molecule has 7 heteroatoms. The summed E-state index contributed by atoms with van der Waals surface area (Å²) in [6.07, 6.45) is 5.92. The van der Waals surface area contributed by atoms with E-state index in [1.807, 2.05) is 17.3 Å². The summed E-state index contributed by atoms with van der Waals surface area (Å²) in [4.78, 5) is 4.26. The van der Waals surface area contributed by atoms with Crippen LogP contribution in [0.1, 0.15) is 6.92 Å². The summed E-state index contributed by atoms with van der Waals surface area (Å²) in [5.41, 5.74) is 0. The van der Waals surface area contributed by atoms with Crippen LogP contribution in [0.5, 0.6) is 0 Å². The van der Waals surface area contributed by atoms with Crippen LogP contribution in [-0.2, 0) is 10.4 Å². The van der Waals surface area contributed by atoms with Crippen molar-refractivity contribution in [2.24, 2.45) is 0 Å². The molecule has 0 amide bonds. The van der Waals surface area contributed by atoms with E-state index in [-0.39, 0.29) is 0 Å². The van der Waals surface area contributed by atoms with Crippen LogP contribution in [0.3, 0.4) is 0 Å². The maximum Gasteiger partial charge on any atom is 0.394 e. The predicted molar refractivity (Wildman–Crippen MR) is 52.6 cm³/mol. The average molecular weight is 222 g/mol. The Balaban J connectivity index is 0.000000292. The van der Waals surface area contributed by atoms with Gasteiger partial charge < -0.3 is 9.80 Å². The SMILES string of the molecule is C=CN1C=CN(CC)C1.O=S(=O)(O)O. The molecule has 0 fully saturated rings. The normalized spacial score (nSPS) is 15.1. The molecule has 1 aliphatic heterocycles. The van der Waals surface area contributed by atoms with Gasteiger partial charge in [0.2, 0.25) is 0 Å². The van der Waals surface area contributed by atoms with Crippen LogP contribution in [0.4, 0.5) is 0 Å². The first-order chi connectivity index (χ1) is 6.36. The molecule has 1 aliphatic rings. The van der Waals surface area contributed by atoms with Gasteiger partial charge in [-0.1, -0.05) is 6.58 Å². The molecular weight excluding hydrogens is 208 g/mol. The molecule has 0 saturated carbocycles. The molecular formula is C7H14N2O4S. The average Bonchev–Trinajstić information content (AvgIpc) is 2.48. The van der Waals surface area contributed by atoms with Crippen molar-refractivity contribution in [3.8, 4) is 0 Å². The van der Waals surface area contributed by atoms with Crippen LogP contribution in [0, 0.1) is 0 Å². The fraction of sp³-hybridized carbons (Fsp3) is 0.429. The van der Waals surface area contributed by atoms with E-state index in [1.54, 1.807) is 0 Å². The molecule has 0 aromatic heterocycles. The van der Waals surface area contributed by atoms with Crippen LogP contribution in [-0.4, -0.2) is 40.5 Å². The molecule has 0 radical (unpaired) electrons. The van der Waals surface area contributed by atoms with Crippen molar-refractivity contribution in [1.29, 1.82) is 0 Å². The van der Waals surface area contributed by atoms with E-state index in [1.165, 1.54) is 0 Å². The van der Waals surface area contributed by atoms with Crippen LogP contribution >= 0.6 is 0 Å². The predicted octanol–water partition coefficient (Wildman–Crippen LogP) is 0.543. The minimum atomic E-state index is -4.67. The summed E-state index contributed by atoms with van der Waals surface area (Å²) in [6, 6.07) is 0. The smallest absolute Gasteiger partial charge is 0.359 e. The highest BCUT2D eigenvalue weighted by Gasteiger charge is 2.05. The lowest BCUT2D eigenvalue weighted by atomic mass is 10.6. The van der Waals surface area contributed by atoms with E-state index in [0.29, 0.717) is 0 Å². The van der Waals surface area contributed by atoms with E-state index < -0.39 is 10.4 Å². The standard InChI is InChI=1S/C7H12N2.H2O4S/c1-3-8-5-6-9(4-2)7-8;1-5(2,3)4/h3,5-6H,1,4,7H2,2H3;(H2,1,2,3,4). The Hall–Kier alpha value is -1.05. The number of hydrogen-bond donors (Lipinski definition) is 2. The highest BCUT2D eigenvalue weighted by atomic mass is 32.3. The zero-order chi connectivity index (χ0) is 11.2. The lowest BCUT2D eigenvalue weighted by molar-refractivity contribution is 0.328. The molecule has 0 spiro atoms. The van der Waals surface area contributed by atoms with E-state index in [0.717, 1.165) is 13.2 Å². The molecule has 82 valence electrons. The van der Waals surface area contributed by atoms with Gasteiger partial charge in [0, 0.05) is 18.9 Å². The Morgan fingerprint density at radius 3 is 2.21 bits per heavy atom. The Kier molecular flexibility index (Phi) is 5.21. The Labute approximate surface area is 83.7 Å². The summed E-state index contributed by atoms with van der Waals surface area (Å²) in [6.45, 7) is 7.82. The van der Waals surface area contributed by atoms with E-state index >= 15 is 0 Å². The van der Waals surface area contributed by atoms with Gasteiger partial charge in [-0.15, -0.1) is 0 Å². The highest BCUT2D eigenvalue weighted by molar-refractivity contribution is 7.79. The second kappa shape index (κ2) is 5.63. The summed E-state index contributed by atoms with van der Waals surface area (Å²) < 4.78 is 31.6. The Bertz CT molecular complexity index is 291. The van der Waals surface area contributed by atoms with Gasteiger partial charge in [0.05, 0.1) is 6.67 Å². The van der Waals surface area contributed by atoms with Gasteiger partial charge in [0.1, 0.15) is 0 Å². The van der Waals surface area contributed by atoms with Crippen molar-refractivity contribution in [3.05, 3.63) is 25.2 Å². The summed E-state index contributed by atoms with van der Waals surface area (Å²) >= 11 is 0. The first-order valence-corrected chi connectivity index (χ1v) is 5.27. The van der Waals surface area contributed by atoms with Gasteiger partial charge >= 0.3 is 10.4 Å². The molecule has 14 heavy (non-hydrogen) atoms. The number of hydrogen-bond acceptors (Lipinski definition) is 4. The quantitative estimate of drug-likeness (QED) is 0.664. The zero-order valence-corrected chi connectivity index (χ0v) is 8.68. The van der Waals surface area contributed by atoms with Crippen molar-refractivity contribution >= 4 is 10.4 Å². The molecule has 0 aliphatic carbocycles. The largest absolute Gasteiger partial charge is 0.394 e. The molecule has 1 heterocycles. The topological polar surface area (TPSA) is 81.1 Å². The van der Waals surface area contributed by atoms with Crippen molar-refractivity contribution < 1.29 is 17.5 Å². The van der Waals surface area contributed by atoms with Crippen LogP contribution in [0.15, 0.2) is 25.2 Å². The van der Waals surface area contributed by atoms with Crippen molar-refractivity contribution in [2.45, 2.75) is 6.92 Å². The van der Waals surface area contributed by atoms with Crippen molar-refractivity contribution in [3.63, 3.8) is 0 Å². The molecule has 0 saturated heterocycles. The van der Waals surface area contributed by atoms with Crippen LogP contribution in [0.25, 0.3) is 0 Å². The molecule has 1 rings (SSSR count). The minimum absolute atomic E-state index is 0.958. The fourth-order valence-electron chi connectivity index (χ4n) is 0.808.